The van der Waals surface area contributed by atoms with Crippen LogP contribution >= 0.6 is 15.9 Å². The number of aromatic amines is 1. The topological polar surface area (TPSA) is 78.9 Å². The molecule has 0 radical (unpaired) electrons. The van der Waals surface area contributed by atoms with Crippen LogP contribution in [0.25, 0.3) is 5.69 Å². The number of hydrazine groups is 1. The molecule has 1 aromatic carbocycles. The Hall–Kier alpha value is -2.80. The molecule has 6 nitrogen and oxygen atoms in total. The zero-order valence-electron chi connectivity index (χ0n) is 13.8. The number of halogens is 1. The van der Waals surface area contributed by atoms with Crippen molar-refractivity contribution in [1.29, 1.82) is 0 Å². The van der Waals surface area contributed by atoms with E-state index in [1.54, 1.807) is 24.4 Å². The predicted molar refractivity (Wildman–Crippen MR) is 98.7 cm³/mol. The van der Waals surface area contributed by atoms with Crippen molar-refractivity contribution in [2.75, 3.05) is 0 Å². The molecule has 0 fully saturated rings. The molecule has 3 aromatic rings. The molecular formula is C18H17BrN4O2. The fraction of sp³-hybridized carbons (Fsp3) is 0.111. The largest absolute Gasteiger partial charge is 0.357 e. The van der Waals surface area contributed by atoms with Gasteiger partial charge in [0.25, 0.3) is 11.8 Å². The van der Waals surface area contributed by atoms with Gasteiger partial charge in [0.2, 0.25) is 0 Å². The van der Waals surface area contributed by atoms with Crippen molar-refractivity contribution in [3.8, 4) is 5.69 Å². The number of H-pyrrole nitrogens is 1. The standard InChI is InChI=1S/C18H17BrN4O2/c1-11-10-15(12(2)23(11)14-7-5-13(19)6-8-14)17(24)21-22-18(25)16-4-3-9-20-16/h3-10,20H,1-2H3,(H,21,24)(H,22,25). The summed E-state index contributed by atoms with van der Waals surface area (Å²) in [4.78, 5) is 27.1. The van der Waals surface area contributed by atoms with Gasteiger partial charge in [-0.3, -0.25) is 20.4 Å². The third-order valence-corrected chi connectivity index (χ3v) is 4.42. The SMILES string of the molecule is Cc1cc(C(=O)NNC(=O)c2ccc[nH]2)c(C)n1-c1ccc(Br)cc1. The van der Waals surface area contributed by atoms with Gasteiger partial charge in [0.15, 0.2) is 0 Å². The third kappa shape index (κ3) is 3.51. The fourth-order valence-electron chi connectivity index (χ4n) is 2.70. The number of nitrogens with zero attached hydrogens (tertiary/aromatic N) is 1. The number of carbonyl (C=O) groups is 2. The highest BCUT2D eigenvalue weighted by Gasteiger charge is 2.17. The summed E-state index contributed by atoms with van der Waals surface area (Å²) in [7, 11) is 0. The van der Waals surface area contributed by atoms with Crippen molar-refractivity contribution in [3.05, 3.63) is 75.8 Å². The Kier molecular flexibility index (Phi) is 4.76. The number of rotatable bonds is 3. The Labute approximate surface area is 153 Å². The lowest BCUT2D eigenvalue weighted by atomic mass is 10.2. The van der Waals surface area contributed by atoms with Gasteiger partial charge in [-0.1, -0.05) is 15.9 Å². The van der Waals surface area contributed by atoms with E-state index in [0.717, 1.165) is 21.5 Å². The molecule has 7 heteroatoms. The molecule has 0 atom stereocenters. The van der Waals surface area contributed by atoms with Crippen LogP contribution in [0.5, 0.6) is 0 Å². The highest BCUT2D eigenvalue weighted by atomic mass is 79.9. The first kappa shape index (κ1) is 17.0. The van der Waals surface area contributed by atoms with Crippen LogP contribution in [-0.4, -0.2) is 21.4 Å². The van der Waals surface area contributed by atoms with Crippen molar-refractivity contribution in [2.45, 2.75) is 13.8 Å². The average molecular weight is 401 g/mol. The minimum absolute atomic E-state index is 0.364. The first-order valence-electron chi connectivity index (χ1n) is 7.66. The Bertz CT molecular complexity index is 911. The van der Waals surface area contributed by atoms with E-state index in [0.29, 0.717) is 11.3 Å². The first-order chi connectivity index (χ1) is 12.0. The van der Waals surface area contributed by atoms with Crippen LogP contribution in [0.4, 0.5) is 0 Å². The molecule has 0 saturated carbocycles. The zero-order valence-corrected chi connectivity index (χ0v) is 15.3. The number of aromatic nitrogens is 2. The fourth-order valence-corrected chi connectivity index (χ4v) is 2.96. The van der Waals surface area contributed by atoms with Gasteiger partial charge >= 0.3 is 0 Å². The van der Waals surface area contributed by atoms with Crippen molar-refractivity contribution in [1.82, 2.24) is 20.4 Å². The summed E-state index contributed by atoms with van der Waals surface area (Å²) in [6, 6.07) is 13.0. The lowest BCUT2D eigenvalue weighted by Crippen LogP contribution is -2.41. The third-order valence-electron chi connectivity index (χ3n) is 3.89. The van der Waals surface area contributed by atoms with E-state index in [-0.39, 0.29) is 5.91 Å². The van der Waals surface area contributed by atoms with Gasteiger partial charge in [-0.2, -0.15) is 0 Å². The smallest absolute Gasteiger partial charge is 0.286 e. The minimum Gasteiger partial charge on any atom is -0.357 e. The number of carbonyl (C=O) groups excluding carboxylic acids is 2. The number of aryl methyl sites for hydroxylation is 1. The maximum absolute atomic E-state index is 12.4. The number of benzene rings is 1. The molecule has 0 aliphatic heterocycles. The Morgan fingerprint density at radius 2 is 1.72 bits per heavy atom. The summed E-state index contributed by atoms with van der Waals surface area (Å²) >= 11 is 3.42. The van der Waals surface area contributed by atoms with Gasteiger partial charge in [0.05, 0.1) is 5.56 Å². The van der Waals surface area contributed by atoms with Crippen LogP contribution in [0, 0.1) is 13.8 Å². The van der Waals surface area contributed by atoms with Crippen molar-refractivity contribution in [3.63, 3.8) is 0 Å². The quantitative estimate of drug-likeness (QED) is 0.589. The average Bonchev–Trinajstić information content (AvgIpc) is 3.22. The molecule has 0 aliphatic rings. The Balaban J connectivity index is 1.78. The molecule has 0 saturated heterocycles. The van der Waals surface area contributed by atoms with Gasteiger partial charge in [-0.15, -0.1) is 0 Å². The number of nitrogens with one attached hydrogen (secondary N) is 3. The van der Waals surface area contributed by atoms with Gasteiger partial charge in [0, 0.05) is 27.7 Å². The first-order valence-corrected chi connectivity index (χ1v) is 8.45. The number of hydrogen-bond acceptors (Lipinski definition) is 2. The van der Waals surface area contributed by atoms with E-state index in [1.165, 1.54) is 0 Å². The molecule has 0 aliphatic carbocycles. The monoisotopic (exact) mass is 400 g/mol. The molecule has 128 valence electrons. The second-order valence-corrected chi connectivity index (χ2v) is 6.50. The van der Waals surface area contributed by atoms with Crippen LogP contribution in [-0.2, 0) is 0 Å². The highest BCUT2D eigenvalue weighted by molar-refractivity contribution is 9.10. The number of hydrogen-bond donors (Lipinski definition) is 3. The Morgan fingerprint density at radius 3 is 2.36 bits per heavy atom. The minimum atomic E-state index is -0.403. The van der Waals surface area contributed by atoms with Crippen molar-refractivity contribution < 1.29 is 9.59 Å². The maximum Gasteiger partial charge on any atom is 0.286 e. The number of amides is 2. The summed E-state index contributed by atoms with van der Waals surface area (Å²) in [6.45, 7) is 3.81. The normalized spacial score (nSPS) is 10.5. The molecule has 3 N–H and O–H groups in total. The van der Waals surface area contributed by atoms with Gasteiger partial charge < -0.3 is 9.55 Å². The van der Waals surface area contributed by atoms with Crippen molar-refractivity contribution in [2.24, 2.45) is 0 Å². The second kappa shape index (κ2) is 6.98. The lowest BCUT2D eigenvalue weighted by Gasteiger charge is -2.10. The summed E-state index contributed by atoms with van der Waals surface area (Å²) in [5.74, 6) is -0.767. The summed E-state index contributed by atoms with van der Waals surface area (Å²) < 4.78 is 2.98. The summed E-state index contributed by atoms with van der Waals surface area (Å²) in [5, 5.41) is 0. The second-order valence-electron chi connectivity index (χ2n) is 5.59. The van der Waals surface area contributed by atoms with Gasteiger partial charge in [0.1, 0.15) is 5.69 Å². The van der Waals surface area contributed by atoms with Gasteiger partial charge in [-0.05, 0) is 56.3 Å². The molecule has 2 aromatic heterocycles. The molecular weight excluding hydrogens is 384 g/mol. The highest BCUT2D eigenvalue weighted by Crippen LogP contribution is 2.22. The molecule has 2 heterocycles. The maximum atomic E-state index is 12.4. The molecule has 0 unspecified atom stereocenters. The van der Waals surface area contributed by atoms with Crippen molar-refractivity contribution >= 4 is 27.7 Å². The van der Waals surface area contributed by atoms with E-state index in [2.05, 4.69) is 31.8 Å². The molecule has 25 heavy (non-hydrogen) atoms. The molecule has 0 spiro atoms. The van der Waals surface area contributed by atoms with E-state index in [4.69, 9.17) is 0 Å². The zero-order chi connectivity index (χ0) is 18.0. The van der Waals surface area contributed by atoms with Crippen LogP contribution < -0.4 is 10.9 Å². The predicted octanol–water partition coefficient (Wildman–Crippen LogP) is 3.26. The van der Waals surface area contributed by atoms with E-state index in [9.17, 15) is 9.59 Å². The van der Waals surface area contributed by atoms with E-state index < -0.39 is 5.91 Å². The lowest BCUT2D eigenvalue weighted by molar-refractivity contribution is 0.0844. The van der Waals surface area contributed by atoms with Crippen LogP contribution in [0.3, 0.4) is 0 Å². The van der Waals surface area contributed by atoms with Crippen LogP contribution in [0.2, 0.25) is 0 Å². The van der Waals surface area contributed by atoms with Crippen LogP contribution in [0.1, 0.15) is 32.2 Å². The van der Waals surface area contributed by atoms with E-state index >= 15 is 0 Å². The summed E-state index contributed by atoms with van der Waals surface area (Å²) in [5.41, 5.74) is 8.43. The Morgan fingerprint density at radius 1 is 1.04 bits per heavy atom. The van der Waals surface area contributed by atoms with E-state index in [1.807, 2.05) is 42.7 Å². The van der Waals surface area contributed by atoms with Crippen LogP contribution in [0.15, 0.2) is 53.1 Å². The molecule has 0 bridgehead atoms. The summed E-state index contributed by atoms with van der Waals surface area (Å²) in [6.07, 6.45) is 1.64. The molecule has 3 rings (SSSR count). The molecule has 2 amide bonds. The van der Waals surface area contributed by atoms with Gasteiger partial charge in [-0.25, -0.2) is 0 Å².